The lowest BCUT2D eigenvalue weighted by atomic mass is 10.1. The normalized spacial score (nSPS) is 10.7. The molecule has 2 heterocycles. The van der Waals surface area contributed by atoms with Gasteiger partial charge in [0.15, 0.2) is 0 Å². The van der Waals surface area contributed by atoms with Gasteiger partial charge in [-0.3, -0.25) is 14.7 Å². The van der Waals surface area contributed by atoms with Gasteiger partial charge in [-0.15, -0.1) is 0 Å². The number of nitrogens with zero attached hydrogens (tertiary/aromatic N) is 5. The summed E-state index contributed by atoms with van der Waals surface area (Å²) < 4.78 is 1.59. The van der Waals surface area contributed by atoms with E-state index in [2.05, 4.69) is 20.3 Å². The number of nitro groups is 1. The van der Waals surface area contributed by atoms with Crippen molar-refractivity contribution in [2.45, 2.75) is 27.3 Å². The van der Waals surface area contributed by atoms with E-state index in [1.54, 1.807) is 30.8 Å². The second-order valence-electron chi connectivity index (χ2n) is 5.69. The van der Waals surface area contributed by atoms with E-state index >= 15 is 0 Å². The van der Waals surface area contributed by atoms with Crippen LogP contribution in [0.3, 0.4) is 0 Å². The molecule has 0 saturated heterocycles. The van der Waals surface area contributed by atoms with Crippen LogP contribution in [0.1, 0.15) is 22.6 Å². The summed E-state index contributed by atoms with van der Waals surface area (Å²) in [6.45, 7) is 5.93. The molecule has 0 fully saturated rings. The number of hydrogen-bond acceptors (Lipinski definition) is 6. The molecular formula is C17H18N6O2. The van der Waals surface area contributed by atoms with Gasteiger partial charge >= 0.3 is 5.69 Å². The number of nitrogens with one attached hydrogen (secondary N) is 1. The maximum Gasteiger partial charge on any atom is 0.333 e. The molecule has 3 rings (SSSR count). The summed E-state index contributed by atoms with van der Waals surface area (Å²) in [5.74, 6) is 1.17. The monoisotopic (exact) mass is 338 g/mol. The Morgan fingerprint density at radius 3 is 2.60 bits per heavy atom. The first-order valence-corrected chi connectivity index (χ1v) is 7.79. The summed E-state index contributed by atoms with van der Waals surface area (Å²) in [5, 5.41) is 14.6. The van der Waals surface area contributed by atoms with Gasteiger partial charge in [-0.25, -0.2) is 9.97 Å². The van der Waals surface area contributed by atoms with Crippen LogP contribution in [0.25, 0.3) is 5.82 Å². The van der Waals surface area contributed by atoms with Crippen molar-refractivity contribution in [2.75, 3.05) is 5.32 Å². The summed E-state index contributed by atoms with van der Waals surface area (Å²) in [4.78, 5) is 23.7. The van der Waals surface area contributed by atoms with E-state index < -0.39 is 4.92 Å². The Balaban J connectivity index is 1.99. The second-order valence-corrected chi connectivity index (χ2v) is 5.69. The average molecular weight is 338 g/mol. The predicted molar refractivity (Wildman–Crippen MR) is 93.8 cm³/mol. The molecule has 128 valence electrons. The fourth-order valence-electron chi connectivity index (χ4n) is 2.60. The van der Waals surface area contributed by atoms with Crippen LogP contribution in [0.2, 0.25) is 0 Å². The Morgan fingerprint density at radius 2 is 1.96 bits per heavy atom. The quantitative estimate of drug-likeness (QED) is 0.567. The van der Waals surface area contributed by atoms with Crippen LogP contribution >= 0.6 is 0 Å². The number of rotatable bonds is 5. The Bertz CT molecular complexity index is 935. The van der Waals surface area contributed by atoms with Crippen molar-refractivity contribution in [1.82, 2.24) is 19.5 Å². The number of aromatic nitrogens is 4. The maximum atomic E-state index is 11.5. The zero-order valence-electron chi connectivity index (χ0n) is 14.2. The fourth-order valence-corrected chi connectivity index (χ4v) is 2.60. The summed E-state index contributed by atoms with van der Waals surface area (Å²) in [6, 6.07) is 7.98. The predicted octanol–water partition coefficient (Wildman–Crippen LogP) is 3.11. The molecule has 1 aromatic carbocycles. The minimum Gasteiger partial charge on any atom is -0.350 e. The fraction of sp³-hybridized carbons (Fsp3) is 0.235. The van der Waals surface area contributed by atoms with Crippen molar-refractivity contribution in [3.05, 3.63) is 69.4 Å². The zero-order valence-corrected chi connectivity index (χ0v) is 14.2. The van der Waals surface area contributed by atoms with E-state index in [4.69, 9.17) is 0 Å². The first-order valence-electron chi connectivity index (χ1n) is 7.79. The third-order valence-corrected chi connectivity index (χ3v) is 3.97. The zero-order chi connectivity index (χ0) is 18.0. The highest BCUT2D eigenvalue weighted by atomic mass is 16.6. The highest BCUT2D eigenvalue weighted by Gasteiger charge is 2.24. The van der Waals surface area contributed by atoms with Crippen LogP contribution in [0, 0.1) is 30.9 Å². The van der Waals surface area contributed by atoms with E-state index in [1.165, 1.54) is 0 Å². The van der Waals surface area contributed by atoms with Gasteiger partial charge in [-0.2, -0.15) is 4.98 Å². The lowest BCUT2D eigenvalue weighted by Gasteiger charge is -2.11. The van der Waals surface area contributed by atoms with E-state index in [1.807, 2.05) is 31.2 Å². The molecule has 0 atom stereocenters. The molecule has 0 aliphatic heterocycles. The minimum atomic E-state index is -0.463. The molecule has 3 aromatic rings. The number of benzene rings is 1. The van der Waals surface area contributed by atoms with Crippen molar-refractivity contribution >= 4 is 11.6 Å². The number of hydrogen-bond donors (Lipinski definition) is 1. The van der Waals surface area contributed by atoms with Crippen molar-refractivity contribution in [1.29, 1.82) is 0 Å². The lowest BCUT2D eigenvalue weighted by Crippen LogP contribution is -2.12. The van der Waals surface area contributed by atoms with Crippen LogP contribution in [0.15, 0.2) is 36.7 Å². The summed E-state index contributed by atoms with van der Waals surface area (Å²) in [7, 11) is 0. The molecule has 0 unspecified atom stereocenters. The average Bonchev–Trinajstić information content (AvgIpc) is 2.99. The van der Waals surface area contributed by atoms with Crippen LogP contribution in [0.4, 0.5) is 11.6 Å². The van der Waals surface area contributed by atoms with Crippen molar-refractivity contribution in [2.24, 2.45) is 0 Å². The Kier molecular flexibility index (Phi) is 4.42. The highest BCUT2D eigenvalue weighted by molar-refractivity contribution is 5.54. The van der Waals surface area contributed by atoms with Gasteiger partial charge in [0, 0.05) is 18.9 Å². The lowest BCUT2D eigenvalue weighted by molar-refractivity contribution is -0.385. The SMILES string of the molecule is Cc1ccccc1CNc1nc(C)c([N+](=O)[O-])c(-n2ccnc2C)n1. The number of imidazole rings is 1. The molecule has 0 aliphatic carbocycles. The standard InChI is InChI=1S/C17H18N6O2/c1-11-6-4-5-7-14(11)10-19-17-20-12(2)15(23(24)25)16(21-17)22-9-8-18-13(22)3/h4-9H,10H2,1-3H3,(H,19,20,21). The van der Waals surface area contributed by atoms with Crippen LogP contribution in [-0.4, -0.2) is 24.4 Å². The van der Waals surface area contributed by atoms with Crippen molar-refractivity contribution < 1.29 is 4.92 Å². The van der Waals surface area contributed by atoms with E-state index in [0.29, 0.717) is 24.0 Å². The smallest absolute Gasteiger partial charge is 0.333 e. The molecule has 8 heteroatoms. The molecular weight excluding hydrogens is 320 g/mol. The van der Waals surface area contributed by atoms with Gasteiger partial charge in [-0.05, 0) is 31.9 Å². The van der Waals surface area contributed by atoms with Crippen LogP contribution in [-0.2, 0) is 6.54 Å². The Labute approximate surface area is 144 Å². The van der Waals surface area contributed by atoms with Gasteiger partial charge in [0.1, 0.15) is 11.5 Å². The molecule has 2 aromatic heterocycles. The van der Waals surface area contributed by atoms with Crippen molar-refractivity contribution in [3.8, 4) is 5.82 Å². The van der Waals surface area contributed by atoms with E-state index in [-0.39, 0.29) is 11.5 Å². The summed E-state index contributed by atoms with van der Waals surface area (Å²) >= 11 is 0. The van der Waals surface area contributed by atoms with Crippen molar-refractivity contribution in [3.63, 3.8) is 0 Å². The second kappa shape index (κ2) is 6.68. The van der Waals surface area contributed by atoms with Crippen LogP contribution in [0.5, 0.6) is 0 Å². The molecule has 0 aliphatic rings. The van der Waals surface area contributed by atoms with Gasteiger partial charge in [0.2, 0.25) is 11.8 Å². The molecule has 0 amide bonds. The van der Waals surface area contributed by atoms with Gasteiger partial charge in [0.05, 0.1) is 4.92 Å². The van der Waals surface area contributed by atoms with E-state index in [9.17, 15) is 10.1 Å². The van der Waals surface area contributed by atoms with E-state index in [0.717, 1.165) is 11.1 Å². The molecule has 0 saturated carbocycles. The van der Waals surface area contributed by atoms with Gasteiger partial charge in [0.25, 0.3) is 0 Å². The molecule has 0 radical (unpaired) electrons. The summed E-state index contributed by atoms with van der Waals surface area (Å²) in [5.41, 5.74) is 2.44. The van der Waals surface area contributed by atoms with Gasteiger partial charge in [-0.1, -0.05) is 24.3 Å². The third kappa shape index (κ3) is 3.32. The Hall–Kier alpha value is -3.29. The minimum absolute atomic E-state index is 0.123. The first-order chi connectivity index (χ1) is 12.0. The summed E-state index contributed by atoms with van der Waals surface area (Å²) in [6.07, 6.45) is 3.23. The molecule has 25 heavy (non-hydrogen) atoms. The number of aryl methyl sites for hydroxylation is 3. The van der Waals surface area contributed by atoms with Gasteiger partial charge < -0.3 is 5.32 Å². The maximum absolute atomic E-state index is 11.5. The largest absolute Gasteiger partial charge is 0.350 e. The molecule has 1 N–H and O–H groups in total. The molecule has 8 nitrogen and oxygen atoms in total. The van der Waals surface area contributed by atoms with Crippen LogP contribution < -0.4 is 5.32 Å². The topological polar surface area (TPSA) is 98.8 Å². The first kappa shape index (κ1) is 16.6. The molecule has 0 spiro atoms. The Morgan fingerprint density at radius 1 is 1.20 bits per heavy atom. The highest BCUT2D eigenvalue weighted by Crippen LogP contribution is 2.26. The number of anilines is 1. The third-order valence-electron chi connectivity index (χ3n) is 3.97. The molecule has 0 bridgehead atoms.